The van der Waals surface area contributed by atoms with Gasteiger partial charge in [-0.1, -0.05) is 38.0 Å². The van der Waals surface area contributed by atoms with E-state index in [0.29, 0.717) is 36.5 Å². The summed E-state index contributed by atoms with van der Waals surface area (Å²) < 4.78 is 6.26. The first-order valence-corrected chi connectivity index (χ1v) is 11.8. The van der Waals surface area contributed by atoms with E-state index in [-0.39, 0.29) is 5.56 Å². The molecule has 0 fully saturated rings. The predicted molar refractivity (Wildman–Crippen MR) is 138 cm³/mol. The van der Waals surface area contributed by atoms with Crippen LogP contribution in [0.3, 0.4) is 0 Å². The summed E-state index contributed by atoms with van der Waals surface area (Å²) in [7, 11) is 1.55. The number of ether oxygens (including phenoxy) is 1. The molecule has 0 radical (unpaired) electrons. The molecule has 0 amide bonds. The van der Waals surface area contributed by atoms with E-state index < -0.39 is 17.1 Å². The third kappa shape index (κ3) is 5.21. The van der Waals surface area contributed by atoms with Crippen LogP contribution in [0.2, 0.25) is 0 Å². The number of H-pyrrole nitrogens is 2. The fraction of sp³-hybridized carbons (Fsp3) is 0.296. The number of rotatable bonds is 10. The van der Waals surface area contributed by atoms with E-state index in [1.165, 1.54) is 0 Å². The van der Waals surface area contributed by atoms with Gasteiger partial charge < -0.3 is 14.8 Å². The maximum atomic E-state index is 12.9. The molecule has 3 N–H and O–H groups in total. The van der Waals surface area contributed by atoms with Gasteiger partial charge in [0.05, 0.1) is 18.5 Å². The van der Waals surface area contributed by atoms with Gasteiger partial charge in [0.25, 0.3) is 5.56 Å². The van der Waals surface area contributed by atoms with E-state index in [1.807, 2.05) is 24.4 Å². The maximum absolute atomic E-state index is 12.9. The summed E-state index contributed by atoms with van der Waals surface area (Å²) in [5.41, 5.74) is 1.80. The zero-order chi connectivity index (χ0) is 24.8. The second kappa shape index (κ2) is 10.9. The minimum Gasteiger partial charge on any atom is -0.497 e. The Morgan fingerprint density at radius 1 is 1.09 bits per heavy atom. The lowest BCUT2D eigenvalue weighted by molar-refractivity contribution is 0.414. The zero-order valence-corrected chi connectivity index (χ0v) is 20.0. The van der Waals surface area contributed by atoms with Gasteiger partial charge >= 0.3 is 5.69 Å². The van der Waals surface area contributed by atoms with Crippen molar-refractivity contribution in [1.82, 2.24) is 14.5 Å². The van der Waals surface area contributed by atoms with E-state index >= 15 is 0 Å². The van der Waals surface area contributed by atoms with Gasteiger partial charge in [-0.25, -0.2) is 9.36 Å². The Morgan fingerprint density at radius 3 is 2.60 bits per heavy atom. The van der Waals surface area contributed by atoms with Crippen molar-refractivity contribution in [3.8, 4) is 17.3 Å². The van der Waals surface area contributed by atoms with Crippen LogP contribution in [0, 0.1) is 0 Å². The molecular weight excluding hydrogens is 444 g/mol. The highest BCUT2D eigenvalue weighted by molar-refractivity contribution is 6.02. The smallest absolute Gasteiger partial charge is 0.335 e. The standard InChI is InChI=1S/C27H30N4O4/c1-3-4-5-10-23(28-16-15-18-17-29-22-9-7-6-8-21(18)22)24-25(32)30-27(34)31(26(24)33)19-11-13-20(35-2)14-12-19/h6-9,11-14,17,29,33H,3-5,10,15-16H2,1-2H3,(H,30,32,34). The summed E-state index contributed by atoms with van der Waals surface area (Å²) in [4.78, 5) is 35.8. The third-order valence-corrected chi connectivity index (χ3v) is 6.08. The van der Waals surface area contributed by atoms with E-state index in [2.05, 4.69) is 23.0 Å². The summed E-state index contributed by atoms with van der Waals surface area (Å²) in [6.45, 7) is 2.55. The summed E-state index contributed by atoms with van der Waals surface area (Å²) >= 11 is 0. The zero-order valence-electron chi connectivity index (χ0n) is 20.0. The van der Waals surface area contributed by atoms with Crippen molar-refractivity contribution in [2.75, 3.05) is 13.7 Å². The number of aliphatic imine (C=N–C) groups is 1. The fourth-order valence-electron chi connectivity index (χ4n) is 4.23. The Labute approximate surface area is 202 Å². The minimum absolute atomic E-state index is 0.0375. The molecule has 35 heavy (non-hydrogen) atoms. The summed E-state index contributed by atoms with van der Waals surface area (Å²) in [6.07, 6.45) is 5.99. The van der Waals surface area contributed by atoms with E-state index in [9.17, 15) is 14.7 Å². The number of aromatic nitrogens is 3. The van der Waals surface area contributed by atoms with Crippen LogP contribution < -0.4 is 16.0 Å². The molecule has 0 unspecified atom stereocenters. The van der Waals surface area contributed by atoms with Crippen LogP contribution in [0.5, 0.6) is 11.6 Å². The molecule has 4 rings (SSSR count). The number of unbranched alkanes of at least 4 members (excludes halogenated alkanes) is 2. The Balaban J connectivity index is 1.70. The summed E-state index contributed by atoms with van der Waals surface area (Å²) in [6, 6.07) is 14.7. The number of hydrogen-bond acceptors (Lipinski definition) is 5. The van der Waals surface area contributed by atoms with Crippen molar-refractivity contribution < 1.29 is 9.84 Å². The molecule has 0 bridgehead atoms. The largest absolute Gasteiger partial charge is 0.497 e. The lowest BCUT2D eigenvalue weighted by Crippen LogP contribution is -2.33. The molecule has 0 atom stereocenters. The van der Waals surface area contributed by atoms with Gasteiger partial charge in [-0.2, -0.15) is 0 Å². The molecule has 0 aliphatic rings. The van der Waals surface area contributed by atoms with Crippen LogP contribution in [-0.4, -0.2) is 39.0 Å². The average molecular weight is 475 g/mol. The molecule has 2 aromatic heterocycles. The number of methoxy groups -OCH3 is 1. The number of benzene rings is 2. The topological polar surface area (TPSA) is 112 Å². The maximum Gasteiger partial charge on any atom is 0.335 e. The Hall–Kier alpha value is -4.07. The first kappa shape index (κ1) is 24.1. The Bertz CT molecular complexity index is 1440. The molecular formula is C27H30N4O4. The molecule has 0 saturated carbocycles. The highest BCUT2D eigenvalue weighted by Crippen LogP contribution is 2.22. The number of nitrogens with one attached hydrogen (secondary N) is 2. The second-order valence-electron chi connectivity index (χ2n) is 8.39. The van der Waals surface area contributed by atoms with Crippen LogP contribution in [0.4, 0.5) is 0 Å². The third-order valence-electron chi connectivity index (χ3n) is 6.08. The molecule has 182 valence electrons. The number of aromatic amines is 2. The fourth-order valence-corrected chi connectivity index (χ4v) is 4.23. The molecule has 8 nitrogen and oxygen atoms in total. The van der Waals surface area contributed by atoms with E-state index in [1.54, 1.807) is 31.4 Å². The first-order valence-electron chi connectivity index (χ1n) is 11.8. The van der Waals surface area contributed by atoms with Gasteiger partial charge in [0, 0.05) is 23.6 Å². The molecule has 4 aromatic rings. The van der Waals surface area contributed by atoms with Gasteiger partial charge in [-0.05, 0) is 55.2 Å². The highest BCUT2D eigenvalue weighted by Gasteiger charge is 2.20. The van der Waals surface area contributed by atoms with Crippen LogP contribution in [-0.2, 0) is 6.42 Å². The van der Waals surface area contributed by atoms with Crippen LogP contribution >= 0.6 is 0 Å². The van der Waals surface area contributed by atoms with Gasteiger partial charge in [0.15, 0.2) is 0 Å². The quantitative estimate of drug-likeness (QED) is 0.234. The van der Waals surface area contributed by atoms with Gasteiger partial charge in [-0.15, -0.1) is 0 Å². The van der Waals surface area contributed by atoms with Crippen molar-refractivity contribution in [3.05, 3.63) is 86.7 Å². The van der Waals surface area contributed by atoms with Crippen LogP contribution in [0.15, 0.2) is 69.3 Å². The van der Waals surface area contributed by atoms with Crippen molar-refractivity contribution in [2.24, 2.45) is 4.99 Å². The van der Waals surface area contributed by atoms with Crippen molar-refractivity contribution in [2.45, 2.75) is 39.0 Å². The number of fused-ring (bicyclic) bond motifs is 1. The van der Waals surface area contributed by atoms with E-state index in [4.69, 9.17) is 9.73 Å². The first-order chi connectivity index (χ1) is 17.0. The lowest BCUT2D eigenvalue weighted by Gasteiger charge is -2.14. The highest BCUT2D eigenvalue weighted by atomic mass is 16.5. The summed E-state index contributed by atoms with van der Waals surface area (Å²) in [5.74, 6) is 0.205. The van der Waals surface area contributed by atoms with Crippen molar-refractivity contribution >= 4 is 16.6 Å². The number of aromatic hydroxyl groups is 1. The van der Waals surface area contributed by atoms with Gasteiger partial charge in [-0.3, -0.25) is 14.8 Å². The molecule has 0 spiro atoms. The monoisotopic (exact) mass is 474 g/mol. The normalized spacial score (nSPS) is 11.8. The molecule has 0 aliphatic heterocycles. The second-order valence-corrected chi connectivity index (χ2v) is 8.39. The SMILES string of the molecule is CCCCCC(=NCCc1c[nH]c2ccccc12)c1c(O)n(-c2ccc(OC)cc2)c(=O)[nH]c1=O. The van der Waals surface area contributed by atoms with Crippen LogP contribution in [0.25, 0.3) is 16.6 Å². The van der Waals surface area contributed by atoms with Crippen LogP contribution in [0.1, 0.15) is 43.7 Å². The van der Waals surface area contributed by atoms with Crippen molar-refractivity contribution in [3.63, 3.8) is 0 Å². The average Bonchev–Trinajstić information content (AvgIpc) is 3.27. The van der Waals surface area contributed by atoms with Gasteiger partial charge in [0.1, 0.15) is 11.3 Å². The molecule has 0 aliphatic carbocycles. The molecule has 2 aromatic carbocycles. The van der Waals surface area contributed by atoms with E-state index in [0.717, 1.165) is 40.3 Å². The van der Waals surface area contributed by atoms with Gasteiger partial charge in [0.2, 0.25) is 5.88 Å². The summed E-state index contributed by atoms with van der Waals surface area (Å²) in [5, 5.41) is 12.3. The number of para-hydroxylation sites is 1. The Kier molecular flexibility index (Phi) is 7.50. The minimum atomic E-state index is -0.715. The molecule has 8 heteroatoms. The van der Waals surface area contributed by atoms with Crippen molar-refractivity contribution in [1.29, 1.82) is 0 Å². The predicted octanol–water partition coefficient (Wildman–Crippen LogP) is 4.33. The molecule has 2 heterocycles. The molecule has 0 saturated heterocycles. The lowest BCUT2D eigenvalue weighted by atomic mass is 10.0. The number of nitrogens with zero attached hydrogens (tertiary/aromatic N) is 2. The Morgan fingerprint density at radius 2 is 1.86 bits per heavy atom. The number of hydrogen-bond donors (Lipinski definition) is 3.